The number of carbonyl (C=O) groups excluding carboxylic acids is 1. The van der Waals surface area contributed by atoms with Crippen LogP contribution in [0.3, 0.4) is 0 Å². The molecule has 0 fully saturated rings. The van der Waals surface area contributed by atoms with E-state index in [1.807, 2.05) is 18.2 Å². The number of nitrogens with one attached hydrogen (secondary N) is 1. The van der Waals surface area contributed by atoms with Crippen LogP contribution in [-0.2, 0) is 4.79 Å². The van der Waals surface area contributed by atoms with E-state index in [4.69, 9.17) is 0 Å². The minimum atomic E-state index is -0.0735. The van der Waals surface area contributed by atoms with Crippen molar-refractivity contribution in [2.75, 3.05) is 6.54 Å². The largest absolute Gasteiger partial charge is 0.308 e. The first-order chi connectivity index (χ1) is 5.86. The van der Waals surface area contributed by atoms with E-state index >= 15 is 0 Å². The Balaban J connectivity index is 2.28. The number of hydrogen-bond donors (Lipinski definition) is 1. The normalized spacial score (nSPS) is 15.7. The smallest absolute Gasteiger partial charge is 0.247 e. The van der Waals surface area contributed by atoms with Gasteiger partial charge in [-0.25, -0.2) is 0 Å². The van der Waals surface area contributed by atoms with Crippen LogP contribution in [-0.4, -0.2) is 23.3 Å². The second-order valence-electron chi connectivity index (χ2n) is 2.43. The number of rotatable bonds is 1. The van der Waals surface area contributed by atoms with Gasteiger partial charge in [0.2, 0.25) is 5.91 Å². The number of amides is 1. The predicted octanol–water partition coefficient (Wildman–Crippen LogP) is -0.0420. The van der Waals surface area contributed by atoms with Gasteiger partial charge in [-0.1, -0.05) is 6.07 Å². The summed E-state index contributed by atoms with van der Waals surface area (Å²) in [4.78, 5) is 18.8. The van der Waals surface area contributed by atoms with E-state index in [0.717, 1.165) is 0 Å². The Bertz CT molecular complexity index is 331. The first-order valence-electron chi connectivity index (χ1n) is 3.62. The van der Waals surface area contributed by atoms with Crippen LogP contribution >= 0.6 is 0 Å². The molecular weight excluding hydrogens is 154 g/mol. The Labute approximate surface area is 69.3 Å². The first-order valence-corrected chi connectivity index (χ1v) is 3.62. The quantitative estimate of drug-likeness (QED) is 0.628. The van der Waals surface area contributed by atoms with Gasteiger partial charge in [0.05, 0.1) is 0 Å². The fourth-order valence-electron chi connectivity index (χ4n) is 1.01. The summed E-state index contributed by atoms with van der Waals surface area (Å²) >= 11 is 0. The molecule has 0 spiro atoms. The van der Waals surface area contributed by atoms with Gasteiger partial charge in [0, 0.05) is 6.20 Å². The SMILES string of the molecule is O=C1CN=C(c2ccccn2)N1. The minimum Gasteiger partial charge on any atom is -0.308 e. The number of hydrogen-bond acceptors (Lipinski definition) is 3. The second kappa shape index (κ2) is 2.73. The Morgan fingerprint density at radius 2 is 2.33 bits per heavy atom. The van der Waals surface area contributed by atoms with E-state index in [0.29, 0.717) is 11.5 Å². The van der Waals surface area contributed by atoms with Crippen LogP contribution < -0.4 is 5.32 Å². The average molecular weight is 161 g/mol. The molecule has 0 saturated heterocycles. The number of amidine groups is 1. The van der Waals surface area contributed by atoms with Gasteiger partial charge < -0.3 is 5.32 Å². The molecule has 2 rings (SSSR count). The van der Waals surface area contributed by atoms with Crippen molar-refractivity contribution in [3.8, 4) is 0 Å². The highest BCUT2D eigenvalue weighted by molar-refractivity contribution is 6.11. The Morgan fingerprint density at radius 3 is 2.92 bits per heavy atom. The Kier molecular flexibility index (Phi) is 1.59. The molecular formula is C8H7N3O. The molecule has 1 aliphatic heterocycles. The zero-order valence-electron chi connectivity index (χ0n) is 6.32. The van der Waals surface area contributed by atoms with Gasteiger partial charge in [-0.15, -0.1) is 0 Å². The molecule has 0 aromatic carbocycles. The molecule has 12 heavy (non-hydrogen) atoms. The lowest BCUT2D eigenvalue weighted by Crippen LogP contribution is -2.25. The van der Waals surface area contributed by atoms with Gasteiger partial charge in [0.25, 0.3) is 0 Å². The maximum absolute atomic E-state index is 10.8. The fourth-order valence-corrected chi connectivity index (χ4v) is 1.01. The van der Waals surface area contributed by atoms with E-state index in [1.165, 1.54) is 0 Å². The van der Waals surface area contributed by atoms with Crippen LogP contribution in [0.2, 0.25) is 0 Å². The molecule has 4 heteroatoms. The fraction of sp³-hybridized carbons (Fsp3) is 0.125. The van der Waals surface area contributed by atoms with Gasteiger partial charge in [0.1, 0.15) is 12.2 Å². The van der Waals surface area contributed by atoms with Crippen molar-refractivity contribution < 1.29 is 4.79 Å². The molecule has 1 amide bonds. The number of aliphatic imine (C=N–C) groups is 1. The third-order valence-electron chi connectivity index (χ3n) is 1.55. The summed E-state index contributed by atoms with van der Waals surface area (Å²) in [5, 5.41) is 2.62. The number of aromatic nitrogens is 1. The lowest BCUT2D eigenvalue weighted by atomic mass is 10.3. The molecule has 0 radical (unpaired) electrons. The first kappa shape index (κ1) is 6.97. The minimum absolute atomic E-state index is 0.0735. The van der Waals surface area contributed by atoms with Crippen molar-refractivity contribution >= 4 is 11.7 Å². The summed E-state index contributed by atoms with van der Waals surface area (Å²) < 4.78 is 0. The van der Waals surface area contributed by atoms with Crippen LogP contribution in [0.15, 0.2) is 29.4 Å². The highest BCUT2D eigenvalue weighted by Crippen LogP contribution is 1.98. The van der Waals surface area contributed by atoms with Crippen molar-refractivity contribution in [3.63, 3.8) is 0 Å². The van der Waals surface area contributed by atoms with E-state index in [1.54, 1.807) is 6.20 Å². The average Bonchev–Trinajstić information content (AvgIpc) is 2.54. The molecule has 1 aromatic heterocycles. The lowest BCUT2D eigenvalue weighted by Gasteiger charge is -1.97. The van der Waals surface area contributed by atoms with Gasteiger partial charge >= 0.3 is 0 Å². The molecule has 0 aliphatic carbocycles. The summed E-state index contributed by atoms with van der Waals surface area (Å²) in [7, 11) is 0. The molecule has 0 bridgehead atoms. The maximum Gasteiger partial charge on any atom is 0.247 e. The van der Waals surface area contributed by atoms with Crippen molar-refractivity contribution in [3.05, 3.63) is 30.1 Å². The van der Waals surface area contributed by atoms with Crippen molar-refractivity contribution in [2.45, 2.75) is 0 Å². The number of carbonyl (C=O) groups is 1. The maximum atomic E-state index is 10.8. The Hall–Kier alpha value is -1.71. The molecule has 0 unspecified atom stereocenters. The van der Waals surface area contributed by atoms with E-state index in [9.17, 15) is 4.79 Å². The van der Waals surface area contributed by atoms with Crippen LogP contribution in [0, 0.1) is 0 Å². The number of pyridine rings is 1. The summed E-state index contributed by atoms with van der Waals surface area (Å²) in [6.07, 6.45) is 1.67. The molecule has 0 atom stereocenters. The molecule has 1 N–H and O–H groups in total. The molecule has 1 aromatic rings. The second-order valence-corrected chi connectivity index (χ2v) is 2.43. The third-order valence-corrected chi connectivity index (χ3v) is 1.55. The third kappa shape index (κ3) is 1.18. The summed E-state index contributed by atoms with van der Waals surface area (Å²) in [5.41, 5.74) is 0.711. The van der Waals surface area contributed by atoms with E-state index in [-0.39, 0.29) is 12.5 Å². The highest BCUT2D eigenvalue weighted by Gasteiger charge is 2.14. The zero-order chi connectivity index (χ0) is 8.39. The van der Waals surface area contributed by atoms with Crippen LogP contribution in [0.5, 0.6) is 0 Å². The zero-order valence-corrected chi connectivity index (χ0v) is 6.32. The molecule has 2 heterocycles. The summed E-state index contributed by atoms with van der Waals surface area (Å²) in [5.74, 6) is 0.497. The Morgan fingerprint density at radius 1 is 1.42 bits per heavy atom. The lowest BCUT2D eigenvalue weighted by molar-refractivity contribution is -0.117. The van der Waals surface area contributed by atoms with Gasteiger partial charge in [0.15, 0.2) is 5.84 Å². The molecule has 60 valence electrons. The summed E-state index contributed by atoms with van der Waals surface area (Å²) in [6, 6.07) is 5.49. The van der Waals surface area contributed by atoms with Gasteiger partial charge in [-0.05, 0) is 12.1 Å². The summed E-state index contributed by atoms with van der Waals surface area (Å²) in [6.45, 7) is 0.214. The van der Waals surface area contributed by atoms with Crippen molar-refractivity contribution in [1.29, 1.82) is 0 Å². The number of nitrogens with zero attached hydrogens (tertiary/aromatic N) is 2. The van der Waals surface area contributed by atoms with E-state index < -0.39 is 0 Å². The van der Waals surface area contributed by atoms with Crippen molar-refractivity contribution in [2.24, 2.45) is 4.99 Å². The van der Waals surface area contributed by atoms with E-state index in [2.05, 4.69) is 15.3 Å². The monoisotopic (exact) mass is 161 g/mol. The van der Waals surface area contributed by atoms with Gasteiger partial charge in [-0.3, -0.25) is 14.8 Å². The topological polar surface area (TPSA) is 54.4 Å². The standard InChI is InChI=1S/C8H7N3O/c12-7-5-10-8(11-7)6-3-1-2-4-9-6/h1-4H,5H2,(H,10,11,12). The highest BCUT2D eigenvalue weighted by atomic mass is 16.2. The van der Waals surface area contributed by atoms with Crippen LogP contribution in [0.4, 0.5) is 0 Å². The molecule has 4 nitrogen and oxygen atoms in total. The van der Waals surface area contributed by atoms with Crippen LogP contribution in [0.1, 0.15) is 5.69 Å². The van der Waals surface area contributed by atoms with Crippen LogP contribution in [0.25, 0.3) is 0 Å². The molecule has 1 aliphatic rings. The predicted molar refractivity (Wildman–Crippen MR) is 43.8 cm³/mol. The van der Waals surface area contributed by atoms with Gasteiger partial charge in [-0.2, -0.15) is 0 Å². The molecule has 0 saturated carbocycles. The van der Waals surface area contributed by atoms with Crippen molar-refractivity contribution in [1.82, 2.24) is 10.3 Å².